The highest BCUT2D eigenvalue weighted by Crippen LogP contribution is 2.40. The number of nitrogens with two attached hydrogens (primary N) is 1. The fourth-order valence-electron chi connectivity index (χ4n) is 2.33. The fourth-order valence-corrected chi connectivity index (χ4v) is 2.33. The Kier molecular flexibility index (Phi) is 3.28. The van der Waals surface area contributed by atoms with Gasteiger partial charge in [0.05, 0.1) is 17.4 Å². The highest BCUT2D eigenvalue weighted by atomic mass is 15.4. The molecule has 0 radical (unpaired) electrons. The van der Waals surface area contributed by atoms with Gasteiger partial charge in [-0.1, -0.05) is 19.1 Å². The molecular weight excluding hydrogens is 200 g/mol. The largest absolute Gasteiger partial charge is 0.330 e. The molecule has 0 amide bonds. The van der Waals surface area contributed by atoms with Gasteiger partial charge < -0.3 is 5.73 Å². The zero-order valence-corrected chi connectivity index (χ0v) is 10.5. The summed E-state index contributed by atoms with van der Waals surface area (Å²) in [4.78, 5) is 0. The summed E-state index contributed by atoms with van der Waals surface area (Å²) in [6.07, 6.45) is 3.51. The quantitative estimate of drug-likeness (QED) is 0.827. The molecule has 2 N–H and O–H groups in total. The highest BCUT2D eigenvalue weighted by molar-refractivity contribution is 5.16. The maximum atomic E-state index is 5.61. The van der Waals surface area contributed by atoms with Crippen LogP contribution in [0, 0.1) is 5.92 Å². The summed E-state index contributed by atoms with van der Waals surface area (Å²) in [5, 5.41) is 8.62. The Morgan fingerprint density at radius 1 is 1.38 bits per heavy atom. The van der Waals surface area contributed by atoms with Crippen LogP contribution in [0.1, 0.15) is 57.0 Å². The predicted octanol–water partition coefficient (Wildman–Crippen LogP) is 1.87. The average molecular weight is 222 g/mol. The molecule has 1 unspecified atom stereocenters. The van der Waals surface area contributed by atoms with E-state index in [1.807, 2.05) is 0 Å². The SMILES string of the molecule is CC(C)c1c(CCN)nnn1C(C)C1CC1. The van der Waals surface area contributed by atoms with E-state index < -0.39 is 0 Å². The van der Waals surface area contributed by atoms with Gasteiger partial charge in [0, 0.05) is 6.42 Å². The summed E-state index contributed by atoms with van der Waals surface area (Å²) in [6, 6.07) is 0.497. The van der Waals surface area contributed by atoms with Crippen LogP contribution in [0.2, 0.25) is 0 Å². The summed E-state index contributed by atoms with van der Waals surface area (Å²) in [5.41, 5.74) is 7.98. The molecule has 2 rings (SSSR count). The number of hydrogen-bond acceptors (Lipinski definition) is 3. The molecule has 1 aliphatic rings. The number of hydrogen-bond donors (Lipinski definition) is 1. The standard InChI is InChI=1S/C12H22N4/c1-8(2)12-11(6-7-13)14-15-16(12)9(3)10-4-5-10/h8-10H,4-7,13H2,1-3H3. The van der Waals surface area contributed by atoms with Crippen molar-refractivity contribution in [2.75, 3.05) is 6.54 Å². The van der Waals surface area contributed by atoms with Crippen molar-refractivity contribution in [2.45, 2.75) is 52.0 Å². The van der Waals surface area contributed by atoms with Crippen LogP contribution >= 0.6 is 0 Å². The van der Waals surface area contributed by atoms with Crippen molar-refractivity contribution < 1.29 is 0 Å². The molecule has 0 aliphatic heterocycles. The Hall–Kier alpha value is -0.900. The zero-order valence-electron chi connectivity index (χ0n) is 10.5. The average Bonchev–Trinajstić information content (AvgIpc) is 2.99. The van der Waals surface area contributed by atoms with Gasteiger partial charge in [-0.3, -0.25) is 0 Å². The lowest BCUT2D eigenvalue weighted by molar-refractivity contribution is 0.409. The molecular formula is C12H22N4. The molecule has 1 aromatic heterocycles. The maximum absolute atomic E-state index is 5.61. The van der Waals surface area contributed by atoms with Crippen molar-refractivity contribution >= 4 is 0 Å². The number of rotatable bonds is 5. The van der Waals surface area contributed by atoms with Crippen LogP contribution in [-0.4, -0.2) is 21.5 Å². The summed E-state index contributed by atoms with van der Waals surface area (Å²) in [5.74, 6) is 1.28. The molecule has 0 aromatic carbocycles. The van der Waals surface area contributed by atoms with Crippen molar-refractivity contribution in [3.8, 4) is 0 Å². The molecule has 16 heavy (non-hydrogen) atoms. The first-order valence-electron chi connectivity index (χ1n) is 6.29. The van der Waals surface area contributed by atoms with Gasteiger partial charge in [0.15, 0.2) is 0 Å². The zero-order chi connectivity index (χ0) is 11.7. The predicted molar refractivity (Wildman–Crippen MR) is 64.3 cm³/mol. The van der Waals surface area contributed by atoms with Crippen molar-refractivity contribution in [1.82, 2.24) is 15.0 Å². The van der Waals surface area contributed by atoms with Crippen LogP contribution in [0.25, 0.3) is 0 Å². The summed E-state index contributed by atoms with van der Waals surface area (Å²) < 4.78 is 2.13. The maximum Gasteiger partial charge on any atom is 0.0874 e. The molecule has 0 saturated heterocycles. The second-order valence-electron chi connectivity index (χ2n) is 5.14. The van der Waals surface area contributed by atoms with Crippen LogP contribution in [0.15, 0.2) is 0 Å². The highest BCUT2D eigenvalue weighted by Gasteiger charge is 2.32. The lowest BCUT2D eigenvalue weighted by Crippen LogP contribution is -2.15. The van der Waals surface area contributed by atoms with Gasteiger partial charge in [-0.2, -0.15) is 0 Å². The van der Waals surface area contributed by atoms with E-state index in [9.17, 15) is 0 Å². The first-order chi connectivity index (χ1) is 7.65. The minimum atomic E-state index is 0.470. The van der Waals surface area contributed by atoms with Crippen molar-refractivity contribution in [3.05, 3.63) is 11.4 Å². The molecule has 0 bridgehead atoms. The van der Waals surface area contributed by atoms with Crippen LogP contribution in [-0.2, 0) is 6.42 Å². The van der Waals surface area contributed by atoms with E-state index in [0.29, 0.717) is 18.5 Å². The topological polar surface area (TPSA) is 56.7 Å². The van der Waals surface area contributed by atoms with E-state index in [-0.39, 0.29) is 0 Å². The van der Waals surface area contributed by atoms with Gasteiger partial charge in [0.1, 0.15) is 0 Å². The van der Waals surface area contributed by atoms with Gasteiger partial charge in [-0.25, -0.2) is 4.68 Å². The molecule has 1 atom stereocenters. The fraction of sp³-hybridized carbons (Fsp3) is 0.833. The lowest BCUT2D eigenvalue weighted by Gasteiger charge is -2.16. The van der Waals surface area contributed by atoms with E-state index in [4.69, 9.17) is 5.73 Å². The first-order valence-corrected chi connectivity index (χ1v) is 6.29. The monoisotopic (exact) mass is 222 g/mol. The molecule has 4 nitrogen and oxygen atoms in total. The Bertz CT molecular complexity index is 352. The summed E-state index contributed by atoms with van der Waals surface area (Å²) in [6.45, 7) is 7.31. The Balaban J connectivity index is 2.28. The van der Waals surface area contributed by atoms with Crippen LogP contribution in [0.4, 0.5) is 0 Å². The van der Waals surface area contributed by atoms with Crippen molar-refractivity contribution in [3.63, 3.8) is 0 Å². The van der Waals surface area contributed by atoms with Crippen molar-refractivity contribution in [1.29, 1.82) is 0 Å². The van der Waals surface area contributed by atoms with E-state index in [1.165, 1.54) is 18.5 Å². The van der Waals surface area contributed by atoms with Crippen LogP contribution in [0.5, 0.6) is 0 Å². The van der Waals surface area contributed by atoms with E-state index >= 15 is 0 Å². The van der Waals surface area contributed by atoms with Crippen LogP contribution < -0.4 is 5.73 Å². The smallest absolute Gasteiger partial charge is 0.0874 e. The van der Waals surface area contributed by atoms with Crippen molar-refractivity contribution in [2.24, 2.45) is 11.7 Å². The Morgan fingerprint density at radius 2 is 2.06 bits per heavy atom. The molecule has 1 heterocycles. The minimum Gasteiger partial charge on any atom is -0.330 e. The number of aromatic nitrogens is 3. The lowest BCUT2D eigenvalue weighted by atomic mass is 10.1. The molecule has 1 fully saturated rings. The second kappa shape index (κ2) is 4.53. The minimum absolute atomic E-state index is 0.470. The number of nitrogens with zero attached hydrogens (tertiary/aromatic N) is 3. The van der Waals surface area contributed by atoms with Gasteiger partial charge >= 0.3 is 0 Å². The second-order valence-corrected chi connectivity index (χ2v) is 5.14. The molecule has 0 spiro atoms. The first kappa shape index (κ1) is 11.6. The Morgan fingerprint density at radius 3 is 2.56 bits per heavy atom. The molecule has 90 valence electrons. The van der Waals surface area contributed by atoms with E-state index in [0.717, 1.165) is 18.0 Å². The molecule has 1 aliphatic carbocycles. The molecule has 1 aromatic rings. The Labute approximate surface area is 97.2 Å². The van der Waals surface area contributed by atoms with E-state index in [1.54, 1.807) is 0 Å². The van der Waals surface area contributed by atoms with Gasteiger partial charge in [-0.05, 0) is 38.1 Å². The third-order valence-corrected chi connectivity index (χ3v) is 3.42. The van der Waals surface area contributed by atoms with Gasteiger partial charge in [0.2, 0.25) is 0 Å². The van der Waals surface area contributed by atoms with Gasteiger partial charge in [0.25, 0.3) is 0 Å². The summed E-state index contributed by atoms with van der Waals surface area (Å²) >= 11 is 0. The van der Waals surface area contributed by atoms with E-state index in [2.05, 4.69) is 35.8 Å². The molecule has 4 heteroatoms. The normalized spacial score (nSPS) is 18.1. The third kappa shape index (κ3) is 2.12. The van der Waals surface area contributed by atoms with Crippen LogP contribution in [0.3, 0.4) is 0 Å². The third-order valence-electron chi connectivity index (χ3n) is 3.42. The summed E-state index contributed by atoms with van der Waals surface area (Å²) in [7, 11) is 0. The molecule has 1 saturated carbocycles. The van der Waals surface area contributed by atoms with Gasteiger partial charge in [-0.15, -0.1) is 5.10 Å².